The second-order valence-corrected chi connectivity index (χ2v) is 2.16. The van der Waals surface area contributed by atoms with Gasteiger partial charge >= 0.3 is 0 Å². The summed E-state index contributed by atoms with van der Waals surface area (Å²) in [6, 6.07) is 0. The van der Waals surface area contributed by atoms with Crippen LogP contribution in [0.1, 0.15) is 6.92 Å². The van der Waals surface area contributed by atoms with Crippen molar-refractivity contribution in [3.63, 3.8) is 0 Å². The summed E-state index contributed by atoms with van der Waals surface area (Å²) in [6.45, 7) is 2.45. The zero-order chi connectivity index (χ0) is 8.39. The molecular weight excluding hydrogens is 156 g/mol. The number of aromatic nitrogens is 4. The number of imidazole rings is 1. The van der Waals surface area contributed by atoms with Crippen molar-refractivity contribution in [1.29, 1.82) is 0 Å². The molecule has 2 aromatic heterocycles. The van der Waals surface area contributed by atoms with Crippen LogP contribution in [0.4, 0.5) is 0 Å². The van der Waals surface area contributed by atoms with Gasteiger partial charge in [-0.2, -0.15) is 4.98 Å². The fourth-order valence-electron chi connectivity index (χ4n) is 0.940. The molecule has 1 radical (unpaired) electrons. The standard InChI is InChI=1S/C7H7N4O/c1-2-12-7-5-6(9-3-8-5)10-4-11-7/h3H,2H2,1H3,(H,8,9,10,11). The van der Waals surface area contributed by atoms with Crippen molar-refractivity contribution in [1.82, 2.24) is 19.9 Å². The lowest BCUT2D eigenvalue weighted by Gasteiger charge is -1.99. The van der Waals surface area contributed by atoms with Gasteiger partial charge in [0, 0.05) is 0 Å². The van der Waals surface area contributed by atoms with E-state index in [0.29, 0.717) is 23.7 Å². The summed E-state index contributed by atoms with van der Waals surface area (Å²) in [5, 5.41) is 0. The molecule has 0 saturated carbocycles. The number of H-pyrrole nitrogens is 1. The SMILES string of the molecule is CCOc1n[c]nc2[nH]cnc12. The number of aromatic amines is 1. The molecule has 0 saturated heterocycles. The zero-order valence-electron chi connectivity index (χ0n) is 6.53. The van der Waals surface area contributed by atoms with Crippen LogP contribution in [0.5, 0.6) is 5.88 Å². The van der Waals surface area contributed by atoms with Crippen LogP contribution in [0.15, 0.2) is 6.33 Å². The highest BCUT2D eigenvalue weighted by atomic mass is 16.5. The van der Waals surface area contributed by atoms with Crippen LogP contribution >= 0.6 is 0 Å². The van der Waals surface area contributed by atoms with E-state index in [1.807, 2.05) is 6.92 Å². The fraction of sp³-hybridized carbons (Fsp3) is 0.286. The van der Waals surface area contributed by atoms with Crippen molar-refractivity contribution in [2.75, 3.05) is 6.61 Å². The number of hydrogen-bond acceptors (Lipinski definition) is 4. The molecular formula is C7H7N4O. The van der Waals surface area contributed by atoms with Gasteiger partial charge in [0.25, 0.3) is 0 Å². The number of nitrogens with one attached hydrogen (secondary N) is 1. The van der Waals surface area contributed by atoms with E-state index in [9.17, 15) is 0 Å². The van der Waals surface area contributed by atoms with Gasteiger partial charge in [0.2, 0.25) is 12.2 Å². The van der Waals surface area contributed by atoms with Crippen LogP contribution in [0.2, 0.25) is 0 Å². The van der Waals surface area contributed by atoms with Gasteiger partial charge in [-0.15, -0.1) is 0 Å². The predicted octanol–water partition coefficient (Wildman–Crippen LogP) is 0.552. The Balaban J connectivity index is 2.57. The van der Waals surface area contributed by atoms with Gasteiger partial charge < -0.3 is 9.72 Å². The molecule has 5 nitrogen and oxygen atoms in total. The van der Waals surface area contributed by atoms with Gasteiger partial charge in [0.15, 0.2) is 11.2 Å². The first kappa shape index (κ1) is 7.02. The van der Waals surface area contributed by atoms with E-state index >= 15 is 0 Å². The topological polar surface area (TPSA) is 63.7 Å². The zero-order valence-corrected chi connectivity index (χ0v) is 6.53. The molecule has 2 heterocycles. The maximum Gasteiger partial charge on any atom is 0.246 e. The lowest BCUT2D eigenvalue weighted by Crippen LogP contribution is -1.96. The molecule has 5 heteroatoms. The Kier molecular flexibility index (Phi) is 1.62. The molecule has 0 unspecified atom stereocenters. The molecule has 0 aliphatic rings. The van der Waals surface area contributed by atoms with Crippen molar-refractivity contribution < 1.29 is 4.74 Å². The third kappa shape index (κ3) is 0.990. The van der Waals surface area contributed by atoms with Gasteiger partial charge in [0.1, 0.15) is 0 Å². The Labute approximate surface area is 68.8 Å². The van der Waals surface area contributed by atoms with E-state index in [1.165, 1.54) is 0 Å². The summed E-state index contributed by atoms with van der Waals surface area (Å²) in [7, 11) is 0. The predicted molar refractivity (Wildman–Crippen MR) is 41.7 cm³/mol. The minimum Gasteiger partial charge on any atom is -0.476 e. The lowest BCUT2D eigenvalue weighted by molar-refractivity contribution is 0.330. The first-order chi connectivity index (χ1) is 5.92. The van der Waals surface area contributed by atoms with Gasteiger partial charge in [0.05, 0.1) is 12.9 Å². The molecule has 0 amide bonds. The van der Waals surface area contributed by atoms with Crippen molar-refractivity contribution in [2.24, 2.45) is 0 Å². The molecule has 0 atom stereocenters. The minimum atomic E-state index is 0.476. The molecule has 61 valence electrons. The Morgan fingerprint density at radius 2 is 2.50 bits per heavy atom. The maximum atomic E-state index is 5.21. The monoisotopic (exact) mass is 163 g/mol. The van der Waals surface area contributed by atoms with Crippen LogP contribution in [0.3, 0.4) is 0 Å². The molecule has 12 heavy (non-hydrogen) atoms. The molecule has 0 aliphatic carbocycles. The molecule has 2 aromatic rings. The maximum absolute atomic E-state index is 5.21. The van der Waals surface area contributed by atoms with Crippen molar-refractivity contribution in [3.8, 4) is 5.88 Å². The third-order valence-corrected chi connectivity index (χ3v) is 1.42. The number of nitrogens with zero attached hydrogens (tertiary/aromatic N) is 3. The summed E-state index contributed by atoms with van der Waals surface area (Å²) in [6.07, 6.45) is 4.03. The molecule has 0 aliphatic heterocycles. The van der Waals surface area contributed by atoms with E-state index in [4.69, 9.17) is 4.74 Å². The van der Waals surface area contributed by atoms with Crippen LogP contribution in [-0.4, -0.2) is 26.5 Å². The van der Waals surface area contributed by atoms with E-state index in [0.717, 1.165) is 0 Å². The van der Waals surface area contributed by atoms with Gasteiger partial charge in [-0.05, 0) is 6.92 Å². The lowest BCUT2D eigenvalue weighted by atomic mass is 10.5. The van der Waals surface area contributed by atoms with E-state index in [2.05, 4.69) is 26.3 Å². The third-order valence-electron chi connectivity index (χ3n) is 1.42. The van der Waals surface area contributed by atoms with Gasteiger partial charge in [-0.25, -0.2) is 9.97 Å². The number of hydrogen-bond donors (Lipinski definition) is 1. The smallest absolute Gasteiger partial charge is 0.246 e. The molecule has 0 bridgehead atoms. The first-order valence-corrected chi connectivity index (χ1v) is 3.61. The van der Waals surface area contributed by atoms with Crippen molar-refractivity contribution in [2.45, 2.75) is 6.92 Å². The summed E-state index contributed by atoms with van der Waals surface area (Å²) in [5.41, 5.74) is 1.30. The Morgan fingerprint density at radius 3 is 3.33 bits per heavy atom. The van der Waals surface area contributed by atoms with Crippen molar-refractivity contribution >= 4 is 11.2 Å². The molecule has 1 N–H and O–H groups in total. The second-order valence-electron chi connectivity index (χ2n) is 2.16. The summed E-state index contributed by atoms with van der Waals surface area (Å²) in [4.78, 5) is 14.5. The number of rotatable bonds is 2. The highest BCUT2D eigenvalue weighted by molar-refractivity contribution is 5.74. The van der Waals surface area contributed by atoms with Crippen LogP contribution in [-0.2, 0) is 0 Å². The largest absolute Gasteiger partial charge is 0.476 e. The Bertz CT molecular complexity index is 384. The molecule has 0 fully saturated rings. The first-order valence-electron chi connectivity index (χ1n) is 3.61. The average Bonchev–Trinajstić information content (AvgIpc) is 2.53. The highest BCUT2D eigenvalue weighted by Gasteiger charge is 2.05. The minimum absolute atomic E-state index is 0.476. The number of fused-ring (bicyclic) bond motifs is 1. The normalized spacial score (nSPS) is 10.4. The van der Waals surface area contributed by atoms with E-state index < -0.39 is 0 Å². The van der Waals surface area contributed by atoms with Gasteiger partial charge in [-0.3, -0.25) is 0 Å². The molecule has 0 spiro atoms. The molecule has 2 rings (SSSR count). The molecule has 0 aromatic carbocycles. The quantitative estimate of drug-likeness (QED) is 0.702. The van der Waals surface area contributed by atoms with Crippen molar-refractivity contribution in [3.05, 3.63) is 12.7 Å². The fourth-order valence-corrected chi connectivity index (χ4v) is 0.940. The highest BCUT2D eigenvalue weighted by Crippen LogP contribution is 2.15. The second kappa shape index (κ2) is 2.77. The van der Waals surface area contributed by atoms with E-state index in [-0.39, 0.29) is 0 Å². The Morgan fingerprint density at radius 1 is 1.58 bits per heavy atom. The van der Waals surface area contributed by atoms with Crippen LogP contribution < -0.4 is 4.74 Å². The number of ether oxygens (including phenoxy) is 1. The van der Waals surface area contributed by atoms with Crippen LogP contribution in [0, 0.1) is 6.33 Å². The van der Waals surface area contributed by atoms with Gasteiger partial charge in [-0.1, -0.05) is 0 Å². The summed E-state index contributed by atoms with van der Waals surface area (Å²) >= 11 is 0. The van der Waals surface area contributed by atoms with Crippen LogP contribution in [0.25, 0.3) is 11.2 Å². The Hall–Kier alpha value is -1.65. The summed E-state index contributed by atoms with van der Waals surface area (Å²) in [5.74, 6) is 0.476. The van der Waals surface area contributed by atoms with E-state index in [1.54, 1.807) is 6.33 Å². The summed E-state index contributed by atoms with van der Waals surface area (Å²) < 4.78 is 5.21. The average molecular weight is 163 g/mol.